The van der Waals surface area contributed by atoms with Crippen molar-refractivity contribution in [3.05, 3.63) is 60.2 Å². The molecule has 4 rings (SSSR count). The number of carbonyl (C=O) groups is 2. The van der Waals surface area contributed by atoms with Crippen LogP contribution in [0.4, 0.5) is 16.6 Å². The zero-order valence-corrected chi connectivity index (χ0v) is 18.7. The Hall–Kier alpha value is -3.68. The highest BCUT2D eigenvalue weighted by Gasteiger charge is 2.20. The summed E-state index contributed by atoms with van der Waals surface area (Å²) in [6.07, 6.45) is 4.05. The van der Waals surface area contributed by atoms with E-state index in [0.29, 0.717) is 12.0 Å². The molecule has 1 heterocycles. The third-order valence-electron chi connectivity index (χ3n) is 5.76. The van der Waals surface area contributed by atoms with Crippen molar-refractivity contribution < 1.29 is 14.3 Å². The summed E-state index contributed by atoms with van der Waals surface area (Å²) in [6.45, 7) is 1.71. The lowest BCUT2D eigenvalue weighted by atomic mass is 10.2. The molecule has 3 N–H and O–H groups in total. The van der Waals surface area contributed by atoms with E-state index in [9.17, 15) is 9.59 Å². The van der Waals surface area contributed by atoms with E-state index < -0.39 is 12.1 Å². The van der Waals surface area contributed by atoms with Gasteiger partial charge in [-0.1, -0.05) is 55.3 Å². The van der Waals surface area contributed by atoms with Crippen LogP contribution in [0.5, 0.6) is 0 Å². The SMILES string of the molecule is CC(=O)C(CNc1nc(NC2CCCC2)c2ccccc2n1)NC(=O)OCc1ccccc1. The first-order chi connectivity index (χ1) is 16.1. The number of ether oxygens (including phenoxy) is 1. The normalized spacial score (nSPS) is 14.6. The maximum atomic E-state index is 12.2. The summed E-state index contributed by atoms with van der Waals surface area (Å²) >= 11 is 0. The molecule has 1 unspecified atom stereocenters. The fourth-order valence-corrected chi connectivity index (χ4v) is 3.93. The van der Waals surface area contributed by atoms with Crippen LogP contribution in [0, 0.1) is 0 Å². The molecule has 0 saturated heterocycles. The number of fused-ring (bicyclic) bond motifs is 1. The largest absolute Gasteiger partial charge is 0.445 e. The van der Waals surface area contributed by atoms with E-state index in [1.807, 2.05) is 54.6 Å². The fraction of sp³-hybridized carbons (Fsp3) is 0.360. The molecule has 33 heavy (non-hydrogen) atoms. The molecule has 1 aliphatic rings. The van der Waals surface area contributed by atoms with Gasteiger partial charge in [-0.25, -0.2) is 9.78 Å². The van der Waals surface area contributed by atoms with Crippen LogP contribution in [0.2, 0.25) is 0 Å². The summed E-state index contributed by atoms with van der Waals surface area (Å²) in [5, 5.41) is 10.2. The number of ketones is 1. The van der Waals surface area contributed by atoms with Crippen molar-refractivity contribution in [3.8, 4) is 0 Å². The van der Waals surface area contributed by atoms with Crippen molar-refractivity contribution >= 4 is 34.5 Å². The van der Waals surface area contributed by atoms with Crippen LogP contribution in [-0.4, -0.2) is 40.5 Å². The molecule has 1 atom stereocenters. The lowest BCUT2D eigenvalue weighted by Gasteiger charge is -2.18. The molecule has 1 saturated carbocycles. The number of carbonyl (C=O) groups excluding carboxylic acids is 2. The number of rotatable bonds is 9. The van der Waals surface area contributed by atoms with E-state index in [0.717, 1.165) is 35.1 Å². The van der Waals surface area contributed by atoms with Crippen molar-refractivity contribution in [1.82, 2.24) is 15.3 Å². The number of nitrogens with one attached hydrogen (secondary N) is 3. The number of benzene rings is 2. The number of Topliss-reactive ketones (excluding diaryl/α,β-unsaturated/α-hetero) is 1. The summed E-state index contributed by atoms with van der Waals surface area (Å²) in [7, 11) is 0. The highest BCUT2D eigenvalue weighted by atomic mass is 16.5. The zero-order valence-electron chi connectivity index (χ0n) is 18.7. The van der Waals surface area contributed by atoms with Crippen LogP contribution in [0.3, 0.4) is 0 Å². The van der Waals surface area contributed by atoms with E-state index >= 15 is 0 Å². The van der Waals surface area contributed by atoms with Gasteiger partial charge in [-0.15, -0.1) is 0 Å². The molecule has 8 nitrogen and oxygen atoms in total. The Labute approximate surface area is 193 Å². The molecule has 8 heteroatoms. The van der Waals surface area contributed by atoms with Gasteiger partial charge in [0, 0.05) is 18.0 Å². The molecule has 172 valence electrons. The van der Waals surface area contributed by atoms with Gasteiger partial charge >= 0.3 is 6.09 Å². The van der Waals surface area contributed by atoms with Gasteiger partial charge in [0.1, 0.15) is 18.5 Å². The Balaban J connectivity index is 1.40. The van der Waals surface area contributed by atoms with E-state index in [-0.39, 0.29) is 18.9 Å². The van der Waals surface area contributed by atoms with Gasteiger partial charge in [0.05, 0.1) is 5.52 Å². The number of alkyl carbamates (subject to hydrolysis) is 1. The number of aromatic nitrogens is 2. The monoisotopic (exact) mass is 447 g/mol. The van der Waals surface area contributed by atoms with Crippen molar-refractivity contribution in [2.24, 2.45) is 0 Å². The summed E-state index contributed by atoms with van der Waals surface area (Å²) in [5.74, 6) is 0.994. The fourth-order valence-electron chi connectivity index (χ4n) is 3.93. The molecule has 1 fully saturated rings. The van der Waals surface area contributed by atoms with E-state index in [2.05, 4.69) is 25.9 Å². The highest BCUT2D eigenvalue weighted by molar-refractivity contribution is 5.90. The number of hydrogen-bond acceptors (Lipinski definition) is 7. The van der Waals surface area contributed by atoms with E-state index in [1.54, 1.807) is 0 Å². The molecule has 0 bridgehead atoms. The zero-order chi connectivity index (χ0) is 23.0. The summed E-state index contributed by atoms with van der Waals surface area (Å²) < 4.78 is 5.24. The average molecular weight is 448 g/mol. The number of anilines is 2. The minimum atomic E-state index is -0.769. The Bertz CT molecular complexity index is 1100. The van der Waals surface area contributed by atoms with E-state index in [1.165, 1.54) is 19.8 Å². The van der Waals surface area contributed by atoms with Crippen LogP contribution < -0.4 is 16.0 Å². The van der Waals surface area contributed by atoms with Gasteiger partial charge in [0.2, 0.25) is 5.95 Å². The number of para-hydroxylation sites is 1. The van der Waals surface area contributed by atoms with Crippen LogP contribution in [-0.2, 0) is 16.1 Å². The topological polar surface area (TPSA) is 105 Å². The lowest BCUT2D eigenvalue weighted by molar-refractivity contribution is -0.118. The van der Waals surface area contributed by atoms with E-state index in [4.69, 9.17) is 4.74 Å². The average Bonchev–Trinajstić information content (AvgIpc) is 3.34. The molecule has 1 aliphatic carbocycles. The predicted octanol–water partition coefficient (Wildman–Crippen LogP) is 4.28. The quantitative estimate of drug-likeness (QED) is 0.450. The molecule has 0 aliphatic heterocycles. The molecular formula is C25H29N5O3. The molecule has 1 amide bonds. The second kappa shape index (κ2) is 10.8. The molecule has 2 aromatic carbocycles. The lowest BCUT2D eigenvalue weighted by Crippen LogP contribution is -2.44. The van der Waals surface area contributed by atoms with Crippen LogP contribution in [0.25, 0.3) is 10.9 Å². The minimum Gasteiger partial charge on any atom is -0.445 e. The van der Waals surface area contributed by atoms with Gasteiger partial charge in [0.15, 0.2) is 5.78 Å². The van der Waals surface area contributed by atoms with Crippen molar-refractivity contribution in [1.29, 1.82) is 0 Å². The summed E-state index contributed by atoms with van der Waals surface area (Å²) in [5.41, 5.74) is 1.68. The van der Waals surface area contributed by atoms with Crippen molar-refractivity contribution in [2.75, 3.05) is 17.2 Å². The van der Waals surface area contributed by atoms with Crippen molar-refractivity contribution in [2.45, 2.75) is 51.3 Å². The molecule has 0 radical (unpaired) electrons. The highest BCUT2D eigenvalue weighted by Crippen LogP contribution is 2.26. The van der Waals surface area contributed by atoms with Crippen molar-refractivity contribution in [3.63, 3.8) is 0 Å². The van der Waals surface area contributed by atoms with Gasteiger partial charge in [-0.2, -0.15) is 4.98 Å². The third-order valence-corrected chi connectivity index (χ3v) is 5.76. The summed E-state index contributed by atoms with van der Waals surface area (Å²) in [6, 6.07) is 16.8. The van der Waals surface area contributed by atoms with Gasteiger partial charge < -0.3 is 20.7 Å². The minimum absolute atomic E-state index is 0.134. The first kappa shape index (κ1) is 22.5. The summed E-state index contributed by atoms with van der Waals surface area (Å²) in [4.78, 5) is 33.6. The number of nitrogens with zero attached hydrogens (tertiary/aromatic N) is 2. The second-order valence-corrected chi connectivity index (χ2v) is 8.29. The van der Waals surface area contributed by atoms with Crippen LogP contribution in [0.1, 0.15) is 38.2 Å². The number of hydrogen-bond donors (Lipinski definition) is 3. The predicted molar refractivity (Wildman–Crippen MR) is 128 cm³/mol. The number of amides is 1. The van der Waals surface area contributed by atoms with Crippen LogP contribution in [0.15, 0.2) is 54.6 Å². The molecule has 3 aromatic rings. The Morgan fingerprint density at radius 1 is 1.03 bits per heavy atom. The maximum Gasteiger partial charge on any atom is 0.408 e. The second-order valence-electron chi connectivity index (χ2n) is 8.29. The smallest absolute Gasteiger partial charge is 0.408 e. The first-order valence-electron chi connectivity index (χ1n) is 11.3. The third kappa shape index (κ3) is 6.19. The first-order valence-corrected chi connectivity index (χ1v) is 11.3. The standard InChI is InChI=1S/C25H29N5O3/c1-17(31)22(29-25(32)33-16-18-9-3-2-4-10-18)15-26-24-28-21-14-8-7-13-20(21)23(30-24)27-19-11-5-6-12-19/h2-4,7-10,13-14,19,22H,5-6,11-12,15-16H2,1H3,(H,29,32)(H2,26,27,28,30). The molecule has 0 spiro atoms. The Morgan fingerprint density at radius 3 is 2.52 bits per heavy atom. The van der Waals surface area contributed by atoms with Gasteiger partial charge in [-0.05, 0) is 37.5 Å². The Kier molecular flexibility index (Phi) is 7.34. The molecular weight excluding hydrogens is 418 g/mol. The Morgan fingerprint density at radius 2 is 1.76 bits per heavy atom. The maximum absolute atomic E-state index is 12.2. The van der Waals surface area contributed by atoms with Gasteiger partial charge in [0.25, 0.3) is 0 Å². The van der Waals surface area contributed by atoms with Crippen LogP contribution >= 0.6 is 0 Å². The molecule has 1 aromatic heterocycles. The van der Waals surface area contributed by atoms with Gasteiger partial charge in [-0.3, -0.25) is 4.79 Å².